The van der Waals surface area contributed by atoms with E-state index in [0.717, 1.165) is 31.7 Å². The highest BCUT2D eigenvalue weighted by molar-refractivity contribution is 6.18. The molecule has 2 aromatic rings. The minimum Gasteiger partial charge on any atom is -0.345 e. The van der Waals surface area contributed by atoms with E-state index in [1.54, 1.807) is 9.47 Å². The summed E-state index contributed by atoms with van der Waals surface area (Å²) in [5, 5.41) is 6.25. The van der Waals surface area contributed by atoms with Crippen LogP contribution in [0.25, 0.3) is 0 Å². The van der Waals surface area contributed by atoms with Crippen molar-refractivity contribution in [2.45, 2.75) is 6.92 Å². The van der Waals surface area contributed by atoms with Crippen LogP contribution in [-0.2, 0) is 11.8 Å². The molecule has 7 nitrogen and oxygen atoms in total. The van der Waals surface area contributed by atoms with Gasteiger partial charge in [-0.05, 0) is 24.6 Å². The van der Waals surface area contributed by atoms with Crippen LogP contribution in [0.3, 0.4) is 0 Å². The first kappa shape index (κ1) is 16.8. The third-order valence-corrected chi connectivity index (χ3v) is 4.99. The van der Waals surface area contributed by atoms with Crippen LogP contribution in [-0.4, -0.2) is 54.0 Å². The number of rotatable bonds is 2. The molecule has 0 bridgehead atoms. The molecule has 4 rings (SSSR count). The molecule has 0 aliphatic carbocycles. The summed E-state index contributed by atoms with van der Waals surface area (Å²) in [5.74, 6) is -0.216. The summed E-state index contributed by atoms with van der Waals surface area (Å²) in [7, 11) is 1.83. The van der Waals surface area contributed by atoms with Crippen LogP contribution in [0.5, 0.6) is 0 Å². The summed E-state index contributed by atoms with van der Waals surface area (Å²) < 4.78 is 1.79. The zero-order chi connectivity index (χ0) is 18.3. The van der Waals surface area contributed by atoms with E-state index < -0.39 is 0 Å². The van der Waals surface area contributed by atoms with Crippen LogP contribution in [0, 0.1) is 6.92 Å². The van der Waals surface area contributed by atoms with Crippen molar-refractivity contribution in [3.8, 4) is 0 Å². The lowest BCUT2D eigenvalue weighted by Gasteiger charge is -2.30. The molecule has 136 valence electrons. The standard InChI is InChI=1S/C19H23N5O2/c1-13-11-22(2)18-17(13)24(16(25)12-23-9-7-20-8-10-23)15-6-4-3-5-14(15)21-19(18)26/h3-6,11,20H,7-10,12H2,1-2H3,(H,21,26). The Morgan fingerprint density at radius 1 is 1.19 bits per heavy atom. The maximum atomic E-state index is 13.3. The van der Waals surface area contributed by atoms with Crippen LogP contribution in [0.15, 0.2) is 30.5 Å². The molecule has 0 saturated carbocycles. The third kappa shape index (κ3) is 2.79. The number of nitrogens with zero attached hydrogens (tertiary/aromatic N) is 3. The molecule has 1 aromatic heterocycles. The molecule has 2 aliphatic rings. The third-order valence-electron chi connectivity index (χ3n) is 4.99. The Hall–Kier alpha value is -2.64. The fraction of sp³-hybridized carbons (Fsp3) is 0.368. The average Bonchev–Trinajstić information content (AvgIpc) is 2.83. The van der Waals surface area contributed by atoms with Crippen molar-refractivity contribution in [2.24, 2.45) is 7.05 Å². The Kier molecular flexibility index (Phi) is 4.26. The molecule has 2 N–H and O–H groups in total. The molecule has 3 heterocycles. The van der Waals surface area contributed by atoms with Crippen LogP contribution in [0.2, 0.25) is 0 Å². The van der Waals surface area contributed by atoms with Gasteiger partial charge in [0.25, 0.3) is 5.91 Å². The second-order valence-electron chi connectivity index (χ2n) is 6.85. The van der Waals surface area contributed by atoms with Gasteiger partial charge < -0.3 is 15.2 Å². The van der Waals surface area contributed by atoms with Crippen LogP contribution < -0.4 is 15.5 Å². The van der Waals surface area contributed by atoms with Crippen molar-refractivity contribution in [1.82, 2.24) is 14.8 Å². The lowest BCUT2D eigenvalue weighted by atomic mass is 10.2. The van der Waals surface area contributed by atoms with E-state index in [4.69, 9.17) is 0 Å². The Balaban J connectivity index is 1.80. The first-order chi connectivity index (χ1) is 12.6. The molecule has 1 saturated heterocycles. The van der Waals surface area contributed by atoms with Crippen molar-refractivity contribution in [2.75, 3.05) is 42.9 Å². The predicted octanol–water partition coefficient (Wildman–Crippen LogP) is 1.47. The van der Waals surface area contributed by atoms with Gasteiger partial charge in [0.2, 0.25) is 5.91 Å². The van der Waals surface area contributed by atoms with Gasteiger partial charge in [-0.2, -0.15) is 0 Å². The number of anilines is 3. The largest absolute Gasteiger partial charge is 0.345 e. The molecule has 26 heavy (non-hydrogen) atoms. The van der Waals surface area contributed by atoms with Crippen LogP contribution >= 0.6 is 0 Å². The van der Waals surface area contributed by atoms with Gasteiger partial charge in [0, 0.05) is 39.4 Å². The molecule has 1 aromatic carbocycles. The Morgan fingerprint density at radius 3 is 2.69 bits per heavy atom. The Bertz CT molecular complexity index is 867. The smallest absolute Gasteiger partial charge is 0.274 e. The molecule has 0 unspecified atom stereocenters. The number of piperazine rings is 1. The first-order valence-corrected chi connectivity index (χ1v) is 8.88. The number of carbonyl (C=O) groups is 2. The molecular formula is C19H23N5O2. The minimum absolute atomic E-state index is 0.0219. The van der Waals surface area contributed by atoms with E-state index in [0.29, 0.717) is 29.3 Å². The van der Waals surface area contributed by atoms with Crippen LogP contribution in [0.1, 0.15) is 16.1 Å². The fourth-order valence-electron chi connectivity index (χ4n) is 3.79. The van der Waals surface area contributed by atoms with E-state index in [1.807, 2.05) is 44.4 Å². The van der Waals surface area contributed by atoms with Gasteiger partial charge in [-0.25, -0.2) is 0 Å². The number of nitrogens with one attached hydrogen (secondary N) is 2. The minimum atomic E-state index is -0.194. The number of hydrogen-bond donors (Lipinski definition) is 2. The molecule has 0 radical (unpaired) electrons. The zero-order valence-electron chi connectivity index (χ0n) is 15.1. The summed E-state index contributed by atoms with van der Waals surface area (Å²) >= 11 is 0. The normalized spacial score (nSPS) is 17.3. The molecule has 2 aliphatic heterocycles. The van der Waals surface area contributed by atoms with Crippen molar-refractivity contribution in [3.63, 3.8) is 0 Å². The Morgan fingerprint density at radius 2 is 1.92 bits per heavy atom. The number of para-hydroxylation sites is 2. The molecule has 2 amide bonds. The highest BCUT2D eigenvalue weighted by atomic mass is 16.2. The van der Waals surface area contributed by atoms with Gasteiger partial charge in [0.1, 0.15) is 5.69 Å². The van der Waals surface area contributed by atoms with Crippen molar-refractivity contribution < 1.29 is 9.59 Å². The highest BCUT2D eigenvalue weighted by Gasteiger charge is 2.33. The summed E-state index contributed by atoms with van der Waals surface area (Å²) in [6.07, 6.45) is 1.89. The number of hydrogen-bond acceptors (Lipinski definition) is 4. The predicted molar refractivity (Wildman–Crippen MR) is 101 cm³/mol. The van der Waals surface area contributed by atoms with Gasteiger partial charge >= 0.3 is 0 Å². The summed E-state index contributed by atoms with van der Waals surface area (Å²) in [4.78, 5) is 30.0. The second-order valence-corrected chi connectivity index (χ2v) is 6.85. The maximum absolute atomic E-state index is 13.3. The number of aromatic nitrogens is 1. The van der Waals surface area contributed by atoms with E-state index >= 15 is 0 Å². The highest BCUT2D eigenvalue weighted by Crippen LogP contribution is 2.40. The SMILES string of the molecule is Cc1cn(C)c2c1N(C(=O)CN1CCNCC1)c1ccccc1NC2=O. The molecule has 0 spiro atoms. The van der Waals surface area contributed by atoms with Gasteiger partial charge in [-0.1, -0.05) is 12.1 Å². The number of amides is 2. The van der Waals surface area contributed by atoms with E-state index in [1.165, 1.54) is 0 Å². The zero-order valence-corrected chi connectivity index (χ0v) is 15.1. The average molecular weight is 353 g/mol. The van der Waals surface area contributed by atoms with Gasteiger partial charge in [0.15, 0.2) is 0 Å². The monoisotopic (exact) mass is 353 g/mol. The Labute approximate surface area is 152 Å². The van der Waals surface area contributed by atoms with E-state index in [2.05, 4.69) is 15.5 Å². The topological polar surface area (TPSA) is 69.6 Å². The number of aryl methyl sites for hydroxylation is 2. The fourth-order valence-corrected chi connectivity index (χ4v) is 3.79. The van der Waals surface area contributed by atoms with Gasteiger partial charge in [0.05, 0.1) is 23.6 Å². The van der Waals surface area contributed by atoms with Gasteiger partial charge in [-0.15, -0.1) is 0 Å². The lowest BCUT2D eigenvalue weighted by Crippen LogP contribution is -2.47. The summed E-state index contributed by atoms with van der Waals surface area (Å²) in [6, 6.07) is 7.46. The van der Waals surface area contributed by atoms with Gasteiger partial charge in [-0.3, -0.25) is 19.4 Å². The van der Waals surface area contributed by atoms with Crippen LogP contribution in [0.4, 0.5) is 17.1 Å². The second kappa shape index (κ2) is 6.59. The maximum Gasteiger partial charge on any atom is 0.274 e. The summed E-state index contributed by atoms with van der Waals surface area (Å²) in [5.41, 5.74) is 3.46. The number of fused-ring (bicyclic) bond motifs is 2. The lowest BCUT2D eigenvalue weighted by molar-refractivity contribution is -0.119. The number of benzene rings is 1. The van der Waals surface area contributed by atoms with Crippen molar-refractivity contribution >= 4 is 28.9 Å². The molecule has 0 atom stereocenters. The molecule has 1 fully saturated rings. The molecule has 7 heteroatoms. The van der Waals surface area contributed by atoms with E-state index in [-0.39, 0.29) is 11.8 Å². The quantitative estimate of drug-likeness (QED) is 0.858. The van der Waals surface area contributed by atoms with E-state index in [9.17, 15) is 9.59 Å². The van der Waals surface area contributed by atoms with Crippen molar-refractivity contribution in [1.29, 1.82) is 0 Å². The summed E-state index contributed by atoms with van der Waals surface area (Å²) in [6.45, 7) is 5.74. The molecular weight excluding hydrogens is 330 g/mol. The first-order valence-electron chi connectivity index (χ1n) is 8.88. The van der Waals surface area contributed by atoms with Crippen molar-refractivity contribution in [3.05, 3.63) is 41.7 Å². The number of carbonyl (C=O) groups excluding carboxylic acids is 2.